The summed E-state index contributed by atoms with van der Waals surface area (Å²) < 4.78 is 45.5. The molecule has 20 nitrogen and oxygen atoms in total. The molecule has 27 heteroatoms. The molecule has 2 saturated carbocycles. The molecule has 0 unspecified atom stereocenters. The molecule has 0 amide bonds. The number of hydrogen-bond donors (Lipinski definition) is 2. The molecule has 2 fully saturated rings. The van der Waals surface area contributed by atoms with E-state index in [9.17, 15) is 10.1 Å². The van der Waals surface area contributed by atoms with Crippen LogP contribution in [0.2, 0.25) is 0 Å². The van der Waals surface area contributed by atoms with Gasteiger partial charge in [-0.3, -0.25) is 9.97 Å². The average molecular weight is 1520 g/mol. The number of hydrogen-bond acceptors (Lipinski definition) is 19. The number of nitrogens with zero attached hydrogens (tertiary/aromatic N) is 8. The molecule has 7 aromatic rings. The topological polar surface area (TPSA) is 259 Å². The van der Waals surface area contributed by atoms with Gasteiger partial charge in [-0.15, -0.1) is 0 Å². The van der Waals surface area contributed by atoms with Gasteiger partial charge in [-0.25, -0.2) is 19.9 Å². The minimum atomic E-state index is -0.584. The maximum Gasteiger partial charge on any atom is 1.00 e. The Bertz CT molecular complexity index is 2820. The van der Waals surface area contributed by atoms with Crippen LogP contribution in [0, 0.1) is 23.0 Å². The van der Waals surface area contributed by atoms with Crippen LogP contribution in [0.15, 0.2) is 125 Å². The fourth-order valence-electron chi connectivity index (χ4n) is 5.38. The molecule has 428 valence electrons. The Kier molecular flexibility index (Phi) is 38.0. The number of aromatic nitrogens is 7. The molecule has 7 aromatic heterocycles. The number of methoxy groups -OCH3 is 7. The molecule has 0 aromatic carbocycles. The first-order valence-electron chi connectivity index (χ1n) is 23.5. The predicted octanol–water partition coefficient (Wildman–Crippen LogP) is 11.7. The van der Waals surface area contributed by atoms with E-state index in [4.69, 9.17) is 49.4 Å². The molecule has 0 bridgehead atoms. The molecule has 0 atom stereocenters. The molecule has 4 N–H and O–H groups in total. The summed E-state index contributed by atoms with van der Waals surface area (Å²) in [6.07, 6.45) is 17.1. The van der Waals surface area contributed by atoms with Crippen molar-refractivity contribution in [3.8, 4) is 46.1 Å². The summed E-state index contributed by atoms with van der Waals surface area (Å²) >= 11 is 19.7. The van der Waals surface area contributed by atoms with Gasteiger partial charge in [0.05, 0.1) is 67.3 Å². The zero-order valence-electron chi connectivity index (χ0n) is 46.4. The van der Waals surface area contributed by atoms with Crippen LogP contribution >= 0.6 is 95.6 Å². The first-order chi connectivity index (χ1) is 37.6. The molecule has 0 saturated heterocycles. The number of pyridine rings is 7. The average Bonchev–Trinajstić information content (AvgIpc) is 4.41. The van der Waals surface area contributed by atoms with Crippen molar-refractivity contribution in [2.75, 3.05) is 61.2 Å². The van der Waals surface area contributed by atoms with E-state index in [0.29, 0.717) is 40.7 Å². The minimum Gasteiger partial charge on any atom is -0.495 e. The maximum atomic E-state index is 10.2. The van der Waals surface area contributed by atoms with E-state index in [-0.39, 0.29) is 69.1 Å². The third kappa shape index (κ3) is 29.8. The third-order valence-corrected chi connectivity index (χ3v) is 12.5. The van der Waals surface area contributed by atoms with E-state index in [1.165, 1.54) is 45.1 Å². The number of nitrogen functional groups attached to an aromatic ring is 2. The van der Waals surface area contributed by atoms with Gasteiger partial charge >= 0.3 is 57.2 Å². The molecule has 0 aliphatic heterocycles. The van der Waals surface area contributed by atoms with Crippen LogP contribution in [0.1, 0.15) is 63.8 Å². The van der Waals surface area contributed by atoms with Gasteiger partial charge in [-0.1, -0.05) is 19.8 Å². The molecule has 0 spiro atoms. The zero-order chi connectivity index (χ0) is 59.0. The summed E-state index contributed by atoms with van der Waals surface area (Å²) in [6, 6.07) is 15.9. The quantitative estimate of drug-likeness (QED) is 0.0528. The van der Waals surface area contributed by atoms with Crippen molar-refractivity contribution in [1.29, 1.82) is 0 Å². The maximum absolute atomic E-state index is 10.2. The van der Waals surface area contributed by atoms with Gasteiger partial charge in [0.2, 0.25) is 5.75 Å². The van der Waals surface area contributed by atoms with Crippen molar-refractivity contribution in [1.82, 2.24) is 34.9 Å². The van der Waals surface area contributed by atoms with Crippen LogP contribution in [-0.2, 0) is 0 Å². The van der Waals surface area contributed by atoms with E-state index in [1.54, 1.807) is 97.9 Å². The second-order valence-electron chi connectivity index (χ2n) is 16.2. The first kappa shape index (κ1) is 74.0. The van der Waals surface area contributed by atoms with Gasteiger partial charge in [-0.2, -0.15) is 0 Å². The van der Waals surface area contributed by atoms with E-state index in [2.05, 4.69) is 137 Å². The van der Waals surface area contributed by atoms with Crippen molar-refractivity contribution < 1.29 is 94.2 Å². The van der Waals surface area contributed by atoms with E-state index >= 15 is 0 Å². The second-order valence-corrected chi connectivity index (χ2v) is 21.6. The molecule has 80 heavy (non-hydrogen) atoms. The van der Waals surface area contributed by atoms with Gasteiger partial charge in [-0.05, 0) is 194 Å². The largest absolute Gasteiger partial charge is 1.00 e. The van der Waals surface area contributed by atoms with Crippen LogP contribution < -0.4 is 101 Å². The van der Waals surface area contributed by atoms with Crippen LogP contribution in [0.4, 0.5) is 17.5 Å². The Hall–Kier alpha value is -4.03. The molecule has 2 aliphatic carbocycles. The smallest absolute Gasteiger partial charge is 0.495 e. The number of anilines is 2. The van der Waals surface area contributed by atoms with Crippen LogP contribution in [-0.4, -0.2) is 95.7 Å². The van der Waals surface area contributed by atoms with Crippen molar-refractivity contribution in [2.24, 2.45) is 5.92 Å². The van der Waals surface area contributed by atoms with Crippen molar-refractivity contribution in [3.63, 3.8) is 0 Å². The number of nitro groups is 1. The summed E-state index contributed by atoms with van der Waals surface area (Å²) in [5, 5.41) is 10.2. The van der Waals surface area contributed by atoms with Gasteiger partial charge in [0.25, 0.3) is 5.88 Å². The van der Waals surface area contributed by atoms with Gasteiger partial charge in [0.1, 0.15) is 22.3 Å². The zero-order valence-corrected chi connectivity index (χ0v) is 59.0. The monoisotopic (exact) mass is 1510 g/mol. The standard InChI is InChI=1S/C9H12BrNO2.C9H10BrNO.C7H8BrNO.C6H5Br2NO.C6H7BrN2O.C6H6N2O3.C6H8N2O.C4H8.K/c1-6(2)13-9-8(12-3)4-7(10)5-11-9;1-12-8-4-7(10)5-11-9(8)6-2-3-6;1-5-7(10-2)3-6(8)4-9-5;2*1-10-5-2-4(7)3-9-6(5)8;1-11-5-3-2-4-7-6(5)8(9)10;1-9-5-3-2-4-8-6(5)7;1-4-2-3-4;/h4-6H,1-3H3;4-6H,2-3H2,1H3;3-4H,1-2H3;2-3H,1H3;2-3H,1H3,(H2,8,9);2-4H,1H3;2-4H,1H3,(H2,7,8);4H,2-3H2,1H3;/q;;;;;;;;+1. The summed E-state index contributed by atoms with van der Waals surface area (Å²) in [7, 11) is 11.0. The fraction of sp³-hybridized carbons (Fsp3) is 0.340. The molecular weight excluding hydrogens is 1460 g/mol. The Morgan fingerprint density at radius 1 is 0.537 bits per heavy atom. The van der Waals surface area contributed by atoms with Gasteiger partial charge in [0, 0.05) is 71.5 Å². The number of ether oxygens (including phenoxy) is 8. The van der Waals surface area contributed by atoms with Crippen LogP contribution in [0.3, 0.4) is 0 Å². The second kappa shape index (κ2) is 41.0. The van der Waals surface area contributed by atoms with Crippen molar-refractivity contribution in [3.05, 3.63) is 146 Å². The van der Waals surface area contributed by atoms with E-state index < -0.39 is 4.92 Å². The summed E-state index contributed by atoms with van der Waals surface area (Å²) in [6.45, 7) is 8.08. The SMILES string of the molecule is CC1CC1.COc1cc(Br)cnc1Br.COc1cc(Br)cnc1C.COc1cc(Br)cnc1C1CC1.COc1cc(Br)cnc1N.COc1cc(Br)cnc1OC(C)C.COc1cccnc1N.COc1cccnc1[N+](=O)[O-].[K+]. The molecule has 2 aliphatic rings. The van der Waals surface area contributed by atoms with Crippen LogP contribution in [0.5, 0.6) is 46.1 Å². The Morgan fingerprint density at radius 3 is 1.36 bits per heavy atom. The first-order valence-corrected chi connectivity index (χ1v) is 28.3. The Labute approximate surface area is 560 Å². The van der Waals surface area contributed by atoms with Crippen molar-refractivity contribution >= 4 is 113 Å². The van der Waals surface area contributed by atoms with Crippen molar-refractivity contribution in [2.45, 2.75) is 65.4 Å². The summed E-state index contributed by atoms with van der Waals surface area (Å²) in [4.78, 5) is 37.3. The summed E-state index contributed by atoms with van der Waals surface area (Å²) in [5.41, 5.74) is 12.9. The molecular formula is C53H64Br6KN10O10+. The number of halogens is 6. The number of aryl methyl sites for hydroxylation is 1. The van der Waals surface area contributed by atoms with E-state index in [1.807, 2.05) is 51.2 Å². The summed E-state index contributed by atoms with van der Waals surface area (Å²) in [5.74, 6) is 7.33. The molecule has 0 radical (unpaired) electrons. The van der Waals surface area contributed by atoms with Gasteiger partial charge in [0.15, 0.2) is 34.6 Å². The Morgan fingerprint density at radius 2 is 0.950 bits per heavy atom. The van der Waals surface area contributed by atoms with Gasteiger partial charge < -0.3 is 59.5 Å². The fourth-order valence-corrected chi connectivity index (χ4v) is 7.31. The van der Waals surface area contributed by atoms with Crippen LogP contribution in [0.25, 0.3) is 0 Å². The molecule has 7 heterocycles. The normalized spacial score (nSPS) is 11.2. The Balaban J connectivity index is 0.000000461. The predicted molar refractivity (Wildman–Crippen MR) is 328 cm³/mol. The minimum absolute atomic E-state index is 0. The van der Waals surface area contributed by atoms with E-state index in [0.717, 1.165) is 61.5 Å². The third-order valence-electron chi connectivity index (χ3n) is 9.70. The number of rotatable bonds is 11. The number of nitrogens with two attached hydrogens (primary N) is 2. The molecule has 9 rings (SSSR count).